The molecule has 0 saturated heterocycles. The van der Waals surface area contributed by atoms with Gasteiger partial charge in [0.2, 0.25) is 0 Å². The molecular weight excluding hydrogens is 384 g/mol. The van der Waals surface area contributed by atoms with Crippen molar-refractivity contribution >= 4 is 27.4 Å². The second-order valence-electron chi connectivity index (χ2n) is 7.73. The minimum absolute atomic E-state index is 0.234. The number of carbonyl (C=O) groups excluding carboxylic acids is 1. The van der Waals surface area contributed by atoms with Crippen molar-refractivity contribution < 1.29 is 19.0 Å². The van der Waals surface area contributed by atoms with Gasteiger partial charge in [-0.3, -0.25) is 4.79 Å². The van der Waals surface area contributed by atoms with Crippen LogP contribution in [0.4, 0.5) is 0 Å². The van der Waals surface area contributed by atoms with Gasteiger partial charge in [-0.2, -0.15) is 0 Å². The normalized spacial score (nSPS) is 13.3. The molecule has 1 heterocycles. The van der Waals surface area contributed by atoms with Crippen LogP contribution in [0.3, 0.4) is 0 Å². The molecular formula is C24H28O4S. The summed E-state index contributed by atoms with van der Waals surface area (Å²) in [7, 11) is 4.71. The standard InChI is InChI=1S/C24H28O4S/c1-15(2)16-7-9-18(10-8-16)24(3,23(25)28-6)14-19-11-17-12-20(26-4)21(27-5)13-22(17)29-19/h7-13,15H,14H2,1-6H3. The molecule has 0 aliphatic heterocycles. The van der Waals surface area contributed by atoms with Crippen LogP contribution in [0.15, 0.2) is 42.5 Å². The lowest BCUT2D eigenvalue weighted by molar-refractivity contribution is -0.146. The Balaban J connectivity index is 2.01. The number of ether oxygens (including phenoxy) is 3. The zero-order valence-corrected chi connectivity index (χ0v) is 18.7. The molecule has 0 saturated carbocycles. The first-order valence-corrected chi connectivity index (χ1v) is 10.5. The van der Waals surface area contributed by atoms with Gasteiger partial charge in [0, 0.05) is 22.1 Å². The van der Waals surface area contributed by atoms with Gasteiger partial charge in [0.15, 0.2) is 11.5 Å². The minimum atomic E-state index is -0.765. The maximum absolute atomic E-state index is 12.8. The Hall–Kier alpha value is -2.53. The molecule has 0 fully saturated rings. The largest absolute Gasteiger partial charge is 0.493 e. The number of hydrogen-bond donors (Lipinski definition) is 0. The summed E-state index contributed by atoms with van der Waals surface area (Å²) in [6.07, 6.45) is 0.560. The SMILES string of the molecule is COC(=O)C(C)(Cc1cc2cc(OC)c(OC)cc2s1)c1ccc(C(C)C)cc1. The van der Waals surface area contributed by atoms with Gasteiger partial charge in [-0.15, -0.1) is 11.3 Å². The zero-order chi connectivity index (χ0) is 21.2. The molecule has 2 aromatic carbocycles. The second kappa shape index (κ2) is 8.46. The van der Waals surface area contributed by atoms with Crippen molar-refractivity contribution in [3.05, 3.63) is 58.5 Å². The lowest BCUT2D eigenvalue weighted by atomic mass is 9.78. The molecule has 1 atom stereocenters. The van der Waals surface area contributed by atoms with Gasteiger partial charge in [-0.1, -0.05) is 38.1 Å². The summed E-state index contributed by atoms with van der Waals surface area (Å²) in [6, 6.07) is 14.4. The number of carbonyl (C=O) groups is 1. The van der Waals surface area contributed by atoms with Crippen molar-refractivity contribution in [3.8, 4) is 11.5 Å². The summed E-state index contributed by atoms with van der Waals surface area (Å²) in [4.78, 5) is 13.9. The number of esters is 1. The zero-order valence-electron chi connectivity index (χ0n) is 17.9. The van der Waals surface area contributed by atoms with Crippen molar-refractivity contribution in [2.45, 2.75) is 38.5 Å². The van der Waals surface area contributed by atoms with Crippen LogP contribution < -0.4 is 9.47 Å². The molecule has 0 amide bonds. The molecule has 154 valence electrons. The van der Waals surface area contributed by atoms with E-state index in [2.05, 4.69) is 32.0 Å². The van der Waals surface area contributed by atoms with Crippen molar-refractivity contribution in [2.24, 2.45) is 0 Å². The molecule has 1 unspecified atom stereocenters. The monoisotopic (exact) mass is 412 g/mol. The van der Waals surface area contributed by atoms with E-state index in [1.165, 1.54) is 12.7 Å². The van der Waals surface area contributed by atoms with E-state index in [-0.39, 0.29) is 5.97 Å². The van der Waals surface area contributed by atoms with Crippen LogP contribution in [0.1, 0.15) is 42.7 Å². The van der Waals surface area contributed by atoms with Gasteiger partial charge in [0.1, 0.15) is 0 Å². The lowest BCUT2D eigenvalue weighted by Crippen LogP contribution is -2.35. The Kier molecular flexibility index (Phi) is 6.18. The number of thiophene rings is 1. The average Bonchev–Trinajstić information content (AvgIpc) is 3.12. The number of rotatable bonds is 7. The van der Waals surface area contributed by atoms with E-state index in [1.807, 2.05) is 31.2 Å². The molecule has 29 heavy (non-hydrogen) atoms. The van der Waals surface area contributed by atoms with Crippen LogP contribution in [0.5, 0.6) is 11.5 Å². The lowest BCUT2D eigenvalue weighted by Gasteiger charge is -2.27. The van der Waals surface area contributed by atoms with E-state index in [1.54, 1.807) is 25.6 Å². The van der Waals surface area contributed by atoms with Gasteiger partial charge in [-0.25, -0.2) is 0 Å². The average molecular weight is 413 g/mol. The minimum Gasteiger partial charge on any atom is -0.493 e. The number of benzene rings is 2. The van der Waals surface area contributed by atoms with Crippen molar-refractivity contribution in [2.75, 3.05) is 21.3 Å². The van der Waals surface area contributed by atoms with Crippen molar-refractivity contribution in [3.63, 3.8) is 0 Å². The summed E-state index contributed by atoms with van der Waals surface area (Å²) < 4.78 is 17.1. The highest BCUT2D eigenvalue weighted by Gasteiger charge is 2.37. The smallest absolute Gasteiger partial charge is 0.316 e. The molecule has 0 N–H and O–H groups in total. The molecule has 3 aromatic rings. The third-order valence-corrected chi connectivity index (χ3v) is 6.55. The third-order valence-electron chi connectivity index (χ3n) is 5.45. The first kappa shape index (κ1) is 21.2. The molecule has 0 radical (unpaired) electrons. The van der Waals surface area contributed by atoms with Crippen LogP contribution in [0.25, 0.3) is 10.1 Å². The van der Waals surface area contributed by atoms with Gasteiger partial charge in [0.25, 0.3) is 0 Å². The maximum atomic E-state index is 12.8. The van der Waals surface area contributed by atoms with Gasteiger partial charge < -0.3 is 14.2 Å². The summed E-state index contributed by atoms with van der Waals surface area (Å²) in [5.74, 6) is 1.61. The Morgan fingerprint density at radius 3 is 2.17 bits per heavy atom. The molecule has 4 nitrogen and oxygen atoms in total. The van der Waals surface area contributed by atoms with Crippen molar-refractivity contribution in [1.82, 2.24) is 0 Å². The Morgan fingerprint density at radius 1 is 1.00 bits per heavy atom. The van der Waals surface area contributed by atoms with Crippen LogP contribution >= 0.6 is 11.3 Å². The molecule has 3 rings (SSSR count). The molecule has 0 spiro atoms. The van der Waals surface area contributed by atoms with E-state index in [0.29, 0.717) is 23.8 Å². The predicted octanol–water partition coefficient (Wildman–Crippen LogP) is 5.72. The van der Waals surface area contributed by atoms with E-state index in [9.17, 15) is 4.79 Å². The van der Waals surface area contributed by atoms with E-state index in [4.69, 9.17) is 14.2 Å². The second-order valence-corrected chi connectivity index (χ2v) is 8.90. The van der Waals surface area contributed by atoms with Crippen LogP contribution in [0.2, 0.25) is 0 Å². The fraction of sp³-hybridized carbons (Fsp3) is 0.375. The number of hydrogen-bond acceptors (Lipinski definition) is 5. The molecule has 5 heteroatoms. The quantitative estimate of drug-likeness (QED) is 0.466. The number of methoxy groups -OCH3 is 3. The summed E-state index contributed by atoms with van der Waals surface area (Å²) in [5.41, 5.74) is 1.45. The fourth-order valence-corrected chi connectivity index (χ4v) is 4.84. The predicted molar refractivity (Wildman–Crippen MR) is 119 cm³/mol. The van der Waals surface area contributed by atoms with Crippen molar-refractivity contribution in [1.29, 1.82) is 0 Å². The first-order valence-electron chi connectivity index (χ1n) is 9.65. The number of fused-ring (bicyclic) bond motifs is 1. The Morgan fingerprint density at radius 2 is 1.62 bits per heavy atom. The first-order chi connectivity index (χ1) is 13.8. The van der Waals surface area contributed by atoms with E-state index < -0.39 is 5.41 Å². The highest BCUT2D eigenvalue weighted by molar-refractivity contribution is 7.19. The van der Waals surface area contributed by atoms with Crippen LogP contribution in [-0.4, -0.2) is 27.3 Å². The molecule has 1 aromatic heterocycles. The van der Waals surface area contributed by atoms with Gasteiger partial charge >= 0.3 is 5.97 Å². The Labute approximate surface area is 176 Å². The maximum Gasteiger partial charge on any atom is 0.316 e. The van der Waals surface area contributed by atoms with Gasteiger partial charge in [-0.05, 0) is 41.5 Å². The Bertz CT molecular complexity index is 963. The molecule has 0 bridgehead atoms. The molecule has 0 aliphatic carbocycles. The summed E-state index contributed by atoms with van der Waals surface area (Å²) >= 11 is 1.66. The highest BCUT2D eigenvalue weighted by atomic mass is 32.1. The third kappa shape index (κ3) is 4.10. The fourth-order valence-electron chi connectivity index (χ4n) is 3.61. The summed E-state index contributed by atoms with van der Waals surface area (Å²) in [6.45, 7) is 6.28. The summed E-state index contributed by atoms with van der Waals surface area (Å²) in [5, 5.41) is 1.07. The van der Waals surface area contributed by atoms with Crippen LogP contribution in [-0.2, 0) is 21.4 Å². The topological polar surface area (TPSA) is 44.8 Å². The molecule has 0 aliphatic rings. The van der Waals surface area contributed by atoms with E-state index >= 15 is 0 Å². The van der Waals surface area contributed by atoms with E-state index in [0.717, 1.165) is 20.5 Å². The highest BCUT2D eigenvalue weighted by Crippen LogP contribution is 2.39. The van der Waals surface area contributed by atoms with Crippen LogP contribution in [0, 0.1) is 0 Å². The van der Waals surface area contributed by atoms with Gasteiger partial charge in [0.05, 0.1) is 26.7 Å².